The number of benzene rings is 3. The van der Waals surface area contributed by atoms with Gasteiger partial charge in [-0.05, 0) is 45.8 Å². The number of nitrogens with one attached hydrogen (secondary N) is 1. The minimum absolute atomic E-state index is 0.0188. The lowest BCUT2D eigenvalue weighted by atomic mass is 9.91. The number of sulfonamides is 1. The lowest BCUT2D eigenvalue weighted by molar-refractivity contribution is -0.268. The summed E-state index contributed by atoms with van der Waals surface area (Å²) < 4.78 is 43.0. The van der Waals surface area contributed by atoms with Crippen LogP contribution in [-0.4, -0.2) is 45.6 Å². The van der Waals surface area contributed by atoms with Gasteiger partial charge in [0, 0.05) is 30.0 Å². The van der Waals surface area contributed by atoms with E-state index in [0.29, 0.717) is 22.2 Å². The molecule has 0 amide bonds. The number of ether oxygens (including phenoxy) is 2. The summed E-state index contributed by atoms with van der Waals surface area (Å²) in [6, 6.07) is 22.9. The number of aryl methyl sites for hydroxylation is 1. The Kier molecular flexibility index (Phi) is 8.29. The molecule has 4 aromatic rings. The molecule has 0 spiro atoms. The predicted octanol–water partition coefficient (Wildman–Crippen LogP) is 4.09. The SMILES string of the molecule is C[C@@H]1[C@H](CSc2nnnn2C)O[C@H](c2cccc(NS(=O)(=O)c3ccccc3)c2)O[C@@H]1c1ccc(CO)cc1. The Hall–Kier alpha value is -3.29. The molecule has 39 heavy (non-hydrogen) atoms. The van der Waals surface area contributed by atoms with Gasteiger partial charge in [0.05, 0.1) is 23.7 Å². The lowest BCUT2D eigenvalue weighted by Gasteiger charge is -2.41. The van der Waals surface area contributed by atoms with Crippen molar-refractivity contribution in [2.75, 3.05) is 10.5 Å². The molecule has 3 aromatic carbocycles. The Labute approximate surface area is 231 Å². The molecule has 1 saturated heterocycles. The monoisotopic (exact) mass is 567 g/mol. The van der Waals surface area contributed by atoms with Gasteiger partial charge in [0.2, 0.25) is 5.16 Å². The third-order valence-electron chi connectivity index (χ3n) is 6.55. The van der Waals surface area contributed by atoms with E-state index in [1.54, 1.807) is 60.3 Å². The standard InChI is InChI=1S/C27H29N5O5S2/c1-18-24(17-38-27-28-30-31-32(27)2)36-26(37-25(18)20-13-11-19(16-33)12-14-20)21-7-6-8-22(15-21)29-39(34,35)23-9-4-3-5-10-23/h3-15,18,24-26,29,33H,16-17H2,1-2H3/t18-,24+,25+,26+/m1/s1. The molecule has 1 aliphatic rings. The third-order valence-corrected chi connectivity index (χ3v) is 9.04. The summed E-state index contributed by atoms with van der Waals surface area (Å²) in [5.74, 6) is 0.565. The highest BCUT2D eigenvalue weighted by Gasteiger charge is 2.38. The van der Waals surface area contributed by atoms with Gasteiger partial charge in [-0.3, -0.25) is 4.72 Å². The quantitative estimate of drug-likeness (QED) is 0.287. The molecule has 1 aromatic heterocycles. The zero-order chi connectivity index (χ0) is 27.4. The number of aliphatic hydroxyl groups is 1. The van der Waals surface area contributed by atoms with E-state index in [0.717, 1.165) is 11.1 Å². The lowest BCUT2D eigenvalue weighted by Crippen LogP contribution is -2.38. The number of thioether (sulfide) groups is 1. The molecule has 2 N–H and O–H groups in total. The van der Waals surface area contributed by atoms with E-state index in [1.807, 2.05) is 30.3 Å². The molecular weight excluding hydrogens is 538 g/mol. The Bertz CT molecular complexity index is 1500. The van der Waals surface area contributed by atoms with Crippen molar-refractivity contribution in [3.8, 4) is 0 Å². The van der Waals surface area contributed by atoms with Crippen LogP contribution in [0.4, 0.5) is 5.69 Å². The first-order chi connectivity index (χ1) is 18.8. The fraction of sp³-hybridized carbons (Fsp3) is 0.296. The maximum Gasteiger partial charge on any atom is 0.261 e. The van der Waals surface area contributed by atoms with E-state index in [2.05, 4.69) is 27.2 Å². The second-order valence-corrected chi connectivity index (χ2v) is 11.9. The Morgan fingerprint density at radius 2 is 1.77 bits per heavy atom. The van der Waals surface area contributed by atoms with Crippen molar-refractivity contribution in [2.45, 2.75) is 42.1 Å². The van der Waals surface area contributed by atoms with Crippen LogP contribution in [-0.2, 0) is 33.2 Å². The van der Waals surface area contributed by atoms with Gasteiger partial charge in [-0.25, -0.2) is 13.1 Å². The van der Waals surface area contributed by atoms with Gasteiger partial charge in [-0.1, -0.05) is 73.3 Å². The minimum Gasteiger partial charge on any atom is -0.392 e. The molecule has 0 unspecified atom stereocenters. The number of hydrogen-bond acceptors (Lipinski definition) is 9. The average Bonchev–Trinajstić information content (AvgIpc) is 3.37. The maximum atomic E-state index is 12.9. The van der Waals surface area contributed by atoms with Gasteiger partial charge in [-0.2, -0.15) is 0 Å². The zero-order valence-electron chi connectivity index (χ0n) is 21.4. The van der Waals surface area contributed by atoms with Gasteiger partial charge in [0.15, 0.2) is 6.29 Å². The van der Waals surface area contributed by atoms with Crippen LogP contribution < -0.4 is 4.72 Å². The number of aliphatic hydroxyl groups excluding tert-OH is 1. The van der Waals surface area contributed by atoms with Crippen LogP contribution >= 0.6 is 11.8 Å². The smallest absolute Gasteiger partial charge is 0.261 e. The predicted molar refractivity (Wildman–Crippen MR) is 146 cm³/mol. The normalized spacial score (nSPS) is 21.5. The van der Waals surface area contributed by atoms with E-state index < -0.39 is 16.3 Å². The highest BCUT2D eigenvalue weighted by Crippen LogP contribution is 2.43. The molecule has 0 saturated carbocycles. The zero-order valence-corrected chi connectivity index (χ0v) is 23.0. The van der Waals surface area contributed by atoms with Crippen molar-refractivity contribution in [3.63, 3.8) is 0 Å². The highest BCUT2D eigenvalue weighted by molar-refractivity contribution is 7.99. The third kappa shape index (κ3) is 6.31. The number of hydrogen-bond donors (Lipinski definition) is 2. The number of anilines is 1. The highest BCUT2D eigenvalue weighted by atomic mass is 32.2. The van der Waals surface area contributed by atoms with Crippen molar-refractivity contribution >= 4 is 27.5 Å². The van der Waals surface area contributed by atoms with Crippen molar-refractivity contribution in [1.82, 2.24) is 20.2 Å². The molecule has 204 valence electrons. The number of rotatable bonds is 9. The molecular formula is C27H29N5O5S2. The molecule has 5 rings (SSSR count). The first-order valence-corrected chi connectivity index (χ1v) is 14.8. The fourth-order valence-electron chi connectivity index (χ4n) is 4.37. The summed E-state index contributed by atoms with van der Waals surface area (Å²) in [4.78, 5) is 0.177. The molecule has 12 heteroatoms. The first kappa shape index (κ1) is 27.3. The van der Waals surface area contributed by atoms with Gasteiger partial charge in [-0.15, -0.1) is 5.10 Å². The molecule has 0 aliphatic carbocycles. The van der Waals surface area contributed by atoms with Crippen molar-refractivity contribution in [3.05, 3.63) is 95.6 Å². The minimum atomic E-state index is -3.76. The van der Waals surface area contributed by atoms with Crippen LogP contribution in [0.25, 0.3) is 0 Å². The number of tetrazole rings is 1. The summed E-state index contributed by atoms with van der Waals surface area (Å²) in [6.07, 6.45) is -1.27. The van der Waals surface area contributed by atoms with Crippen molar-refractivity contribution in [2.24, 2.45) is 13.0 Å². The van der Waals surface area contributed by atoms with E-state index in [-0.39, 0.29) is 29.6 Å². The molecule has 0 bridgehead atoms. The molecule has 4 atom stereocenters. The van der Waals surface area contributed by atoms with E-state index in [4.69, 9.17) is 9.47 Å². The summed E-state index contributed by atoms with van der Waals surface area (Å²) in [7, 11) is -1.97. The van der Waals surface area contributed by atoms with Crippen LogP contribution in [0, 0.1) is 5.92 Å². The molecule has 1 fully saturated rings. The van der Waals surface area contributed by atoms with Crippen molar-refractivity contribution < 1.29 is 23.0 Å². The topological polar surface area (TPSA) is 128 Å². The van der Waals surface area contributed by atoms with Crippen LogP contribution in [0.3, 0.4) is 0 Å². The van der Waals surface area contributed by atoms with Gasteiger partial charge >= 0.3 is 0 Å². The summed E-state index contributed by atoms with van der Waals surface area (Å²) >= 11 is 1.49. The van der Waals surface area contributed by atoms with Crippen LogP contribution in [0.1, 0.15) is 36.0 Å². The Morgan fingerprint density at radius 1 is 1.00 bits per heavy atom. The first-order valence-electron chi connectivity index (χ1n) is 12.4. The van der Waals surface area contributed by atoms with Gasteiger partial charge in [0.25, 0.3) is 10.0 Å². The summed E-state index contributed by atoms with van der Waals surface area (Å²) in [6.45, 7) is 2.04. The second kappa shape index (κ2) is 11.8. The Balaban J connectivity index is 1.41. The van der Waals surface area contributed by atoms with Crippen LogP contribution in [0.2, 0.25) is 0 Å². The fourth-order valence-corrected chi connectivity index (χ4v) is 6.46. The van der Waals surface area contributed by atoms with Crippen LogP contribution in [0.15, 0.2) is 88.9 Å². The van der Waals surface area contributed by atoms with Crippen LogP contribution in [0.5, 0.6) is 0 Å². The van der Waals surface area contributed by atoms with E-state index in [9.17, 15) is 13.5 Å². The molecule has 1 aliphatic heterocycles. The molecule has 0 radical (unpaired) electrons. The number of aromatic nitrogens is 4. The number of nitrogens with zero attached hydrogens (tertiary/aromatic N) is 4. The second-order valence-electron chi connectivity index (χ2n) is 9.26. The van der Waals surface area contributed by atoms with E-state index >= 15 is 0 Å². The van der Waals surface area contributed by atoms with Gasteiger partial charge in [0.1, 0.15) is 0 Å². The summed E-state index contributed by atoms with van der Waals surface area (Å²) in [5.41, 5.74) is 2.86. The average molecular weight is 568 g/mol. The van der Waals surface area contributed by atoms with Crippen molar-refractivity contribution in [1.29, 1.82) is 0 Å². The molecule has 10 nitrogen and oxygen atoms in total. The largest absolute Gasteiger partial charge is 0.392 e. The maximum absolute atomic E-state index is 12.9. The van der Waals surface area contributed by atoms with E-state index in [1.165, 1.54) is 11.8 Å². The summed E-state index contributed by atoms with van der Waals surface area (Å²) in [5, 5.41) is 21.8. The molecule has 2 heterocycles. The Morgan fingerprint density at radius 3 is 2.46 bits per heavy atom. The van der Waals surface area contributed by atoms with Gasteiger partial charge < -0.3 is 14.6 Å².